The highest BCUT2D eigenvalue weighted by atomic mass is 35.5. The molecule has 28 heavy (non-hydrogen) atoms. The largest absolute Gasteiger partial charge is 0.451 e. The maximum Gasteiger partial charge on any atom is 0.326 e. The van der Waals surface area contributed by atoms with Gasteiger partial charge in [-0.1, -0.05) is 29.8 Å². The molecule has 0 saturated carbocycles. The number of para-hydroxylation sites is 1. The van der Waals surface area contributed by atoms with E-state index in [9.17, 15) is 14.4 Å². The number of amides is 2. The number of benzene rings is 2. The zero-order valence-corrected chi connectivity index (χ0v) is 16.4. The Bertz CT molecular complexity index is 898. The van der Waals surface area contributed by atoms with Crippen LogP contribution in [0.5, 0.6) is 0 Å². The number of esters is 1. The van der Waals surface area contributed by atoms with Crippen molar-refractivity contribution in [2.24, 2.45) is 0 Å². The molecule has 2 atom stereocenters. The maximum absolute atomic E-state index is 12.8. The molecule has 7 heteroatoms. The topological polar surface area (TPSA) is 75.7 Å². The number of carbonyl (C=O) groups is 3. The summed E-state index contributed by atoms with van der Waals surface area (Å²) in [7, 11) is 0. The van der Waals surface area contributed by atoms with Gasteiger partial charge in [-0.3, -0.25) is 14.4 Å². The van der Waals surface area contributed by atoms with Gasteiger partial charge in [-0.2, -0.15) is 0 Å². The highest BCUT2D eigenvalue weighted by molar-refractivity contribution is 6.30. The normalized spacial score (nSPS) is 16.2. The number of anilines is 1. The van der Waals surface area contributed by atoms with E-state index in [1.807, 2.05) is 31.2 Å². The van der Waals surface area contributed by atoms with Gasteiger partial charge in [0.2, 0.25) is 0 Å². The number of halogens is 1. The third-order valence-electron chi connectivity index (χ3n) is 4.60. The minimum atomic E-state index is -0.950. The van der Waals surface area contributed by atoms with Crippen LogP contribution in [0.4, 0.5) is 5.69 Å². The predicted octanol–water partition coefficient (Wildman–Crippen LogP) is 2.98. The van der Waals surface area contributed by atoms with Gasteiger partial charge in [0.15, 0.2) is 6.10 Å². The van der Waals surface area contributed by atoms with Crippen molar-refractivity contribution in [2.75, 3.05) is 11.4 Å². The van der Waals surface area contributed by atoms with E-state index in [2.05, 4.69) is 5.32 Å². The second kappa shape index (κ2) is 8.44. The van der Waals surface area contributed by atoms with Gasteiger partial charge in [0.05, 0.1) is 0 Å². The lowest BCUT2D eigenvalue weighted by Crippen LogP contribution is -2.44. The second-order valence-electron chi connectivity index (χ2n) is 6.71. The van der Waals surface area contributed by atoms with Crippen LogP contribution >= 0.6 is 11.6 Å². The van der Waals surface area contributed by atoms with E-state index in [1.54, 1.807) is 29.2 Å². The van der Waals surface area contributed by atoms with E-state index in [0.29, 0.717) is 10.6 Å². The molecule has 0 spiro atoms. The van der Waals surface area contributed by atoms with Crippen LogP contribution in [0.15, 0.2) is 48.5 Å². The molecule has 6 nitrogen and oxygen atoms in total. The molecule has 3 rings (SSSR count). The van der Waals surface area contributed by atoms with Crippen molar-refractivity contribution in [3.05, 3.63) is 64.7 Å². The van der Waals surface area contributed by atoms with Crippen LogP contribution in [0.2, 0.25) is 5.02 Å². The van der Waals surface area contributed by atoms with E-state index in [0.717, 1.165) is 17.7 Å². The molecule has 0 fully saturated rings. The molecule has 0 bridgehead atoms. The van der Waals surface area contributed by atoms with Gasteiger partial charge in [-0.05, 0) is 56.2 Å². The molecule has 0 aromatic heterocycles. The first kappa shape index (κ1) is 19.9. The molecule has 0 radical (unpaired) electrons. The number of hydrogen-bond acceptors (Lipinski definition) is 4. The van der Waals surface area contributed by atoms with Gasteiger partial charge in [-0.25, -0.2) is 0 Å². The summed E-state index contributed by atoms with van der Waals surface area (Å²) in [6.45, 7) is 3.17. The fourth-order valence-corrected chi connectivity index (χ4v) is 3.37. The lowest BCUT2D eigenvalue weighted by Gasteiger charge is -2.26. The Labute approximate surface area is 168 Å². The Kier molecular flexibility index (Phi) is 5.99. The molecular formula is C21H21ClN2O4. The van der Waals surface area contributed by atoms with Crippen molar-refractivity contribution in [3.8, 4) is 0 Å². The first-order valence-electron chi connectivity index (χ1n) is 9.01. The van der Waals surface area contributed by atoms with Crippen LogP contribution in [-0.4, -0.2) is 36.5 Å². The van der Waals surface area contributed by atoms with Crippen molar-refractivity contribution in [1.29, 1.82) is 0 Å². The number of carbonyl (C=O) groups excluding carboxylic acids is 3. The maximum atomic E-state index is 12.8. The minimum Gasteiger partial charge on any atom is -0.451 e. The molecule has 2 amide bonds. The highest BCUT2D eigenvalue weighted by Crippen LogP contribution is 2.32. The van der Waals surface area contributed by atoms with Gasteiger partial charge >= 0.3 is 5.97 Å². The summed E-state index contributed by atoms with van der Waals surface area (Å²) in [4.78, 5) is 38.6. The summed E-state index contributed by atoms with van der Waals surface area (Å²) in [6.07, 6.45) is -0.187. The summed E-state index contributed by atoms with van der Waals surface area (Å²) in [6, 6.07) is 14.0. The Hall–Kier alpha value is -2.86. The van der Waals surface area contributed by atoms with Crippen LogP contribution in [0, 0.1) is 0 Å². The summed E-state index contributed by atoms with van der Waals surface area (Å²) in [5.74, 6) is -1.38. The van der Waals surface area contributed by atoms with Crippen molar-refractivity contribution in [2.45, 2.75) is 32.4 Å². The quantitative estimate of drug-likeness (QED) is 0.783. The minimum absolute atomic E-state index is 0.00402. The number of nitrogens with one attached hydrogen (secondary N) is 1. The molecule has 1 heterocycles. The van der Waals surface area contributed by atoms with Crippen LogP contribution < -0.4 is 10.2 Å². The fourth-order valence-electron chi connectivity index (χ4n) is 3.24. The van der Waals surface area contributed by atoms with Crippen molar-refractivity contribution < 1.29 is 19.1 Å². The van der Waals surface area contributed by atoms with Crippen molar-refractivity contribution in [1.82, 2.24) is 5.32 Å². The zero-order chi connectivity index (χ0) is 20.3. The summed E-state index contributed by atoms with van der Waals surface area (Å²) in [5, 5.41) is 2.99. The average Bonchev–Trinajstić information content (AvgIpc) is 3.01. The Balaban J connectivity index is 1.55. The van der Waals surface area contributed by atoms with Crippen LogP contribution in [0.25, 0.3) is 0 Å². The van der Waals surface area contributed by atoms with Gasteiger partial charge in [0, 0.05) is 22.3 Å². The molecular weight excluding hydrogens is 380 g/mol. The van der Waals surface area contributed by atoms with Gasteiger partial charge < -0.3 is 15.0 Å². The van der Waals surface area contributed by atoms with E-state index in [1.165, 1.54) is 6.92 Å². The lowest BCUT2D eigenvalue weighted by atomic mass is 10.1. The average molecular weight is 401 g/mol. The number of hydrogen-bond donors (Lipinski definition) is 1. The molecule has 0 unspecified atom stereocenters. The third kappa shape index (κ3) is 4.34. The van der Waals surface area contributed by atoms with Crippen LogP contribution in [0.1, 0.15) is 29.8 Å². The van der Waals surface area contributed by atoms with Gasteiger partial charge in [0.25, 0.3) is 11.8 Å². The predicted molar refractivity (Wildman–Crippen MR) is 106 cm³/mol. The third-order valence-corrected chi connectivity index (χ3v) is 4.85. The number of nitrogens with zero attached hydrogens (tertiary/aromatic N) is 1. The number of fused-ring (bicyclic) bond motifs is 1. The Morgan fingerprint density at radius 1 is 1.18 bits per heavy atom. The van der Waals surface area contributed by atoms with Crippen molar-refractivity contribution in [3.63, 3.8) is 0 Å². The van der Waals surface area contributed by atoms with Gasteiger partial charge in [-0.15, -0.1) is 0 Å². The Morgan fingerprint density at radius 2 is 1.86 bits per heavy atom. The SMILES string of the molecule is C[C@H](OC(=O)CNC(=O)c1ccc(Cl)cc1)C(=O)N1c2ccccc2C[C@@H]1C. The highest BCUT2D eigenvalue weighted by Gasteiger charge is 2.34. The first-order chi connectivity index (χ1) is 13.4. The number of rotatable bonds is 5. The smallest absolute Gasteiger partial charge is 0.326 e. The van der Waals surface area contributed by atoms with E-state index < -0.39 is 18.0 Å². The van der Waals surface area contributed by atoms with Crippen molar-refractivity contribution >= 4 is 35.1 Å². The van der Waals surface area contributed by atoms with E-state index in [-0.39, 0.29) is 18.5 Å². The Morgan fingerprint density at radius 3 is 2.57 bits per heavy atom. The molecule has 1 aliphatic rings. The first-order valence-corrected chi connectivity index (χ1v) is 9.39. The summed E-state index contributed by atoms with van der Waals surface area (Å²) < 4.78 is 5.23. The molecule has 2 aromatic rings. The van der Waals surface area contributed by atoms with Crippen LogP contribution in [0.3, 0.4) is 0 Å². The second-order valence-corrected chi connectivity index (χ2v) is 7.15. The van der Waals surface area contributed by atoms with E-state index >= 15 is 0 Å². The van der Waals surface area contributed by atoms with Gasteiger partial charge in [0.1, 0.15) is 6.54 Å². The number of ether oxygens (including phenoxy) is 1. The fraction of sp³-hybridized carbons (Fsp3) is 0.286. The molecule has 1 aliphatic heterocycles. The van der Waals surface area contributed by atoms with Crippen LogP contribution in [-0.2, 0) is 20.7 Å². The van der Waals surface area contributed by atoms with E-state index in [4.69, 9.17) is 16.3 Å². The lowest BCUT2D eigenvalue weighted by molar-refractivity contribution is -0.152. The summed E-state index contributed by atoms with van der Waals surface area (Å²) in [5.41, 5.74) is 2.32. The summed E-state index contributed by atoms with van der Waals surface area (Å²) >= 11 is 5.78. The zero-order valence-electron chi connectivity index (χ0n) is 15.6. The monoisotopic (exact) mass is 400 g/mol. The molecule has 0 saturated heterocycles. The molecule has 2 aromatic carbocycles. The standard InChI is InChI=1S/C21H21ClN2O4/c1-13-11-16-5-3-4-6-18(16)24(13)21(27)14(2)28-19(25)12-23-20(26)15-7-9-17(22)10-8-15/h3-10,13-14H,11-12H2,1-2H3,(H,23,26)/t13-,14-/m0/s1. The molecule has 146 valence electrons. The molecule has 0 aliphatic carbocycles. The molecule has 1 N–H and O–H groups in total.